The molecule has 7 heteroatoms. The quantitative estimate of drug-likeness (QED) is 0.412. The van der Waals surface area contributed by atoms with Crippen molar-refractivity contribution in [2.24, 2.45) is 0 Å². The van der Waals surface area contributed by atoms with E-state index in [4.69, 9.17) is 16.6 Å². The van der Waals surface area contributed by atoms with Crippen molar-refractivity contribution in [3.8, 4) is 11.3 Å². The van der Waals surface area contributed by atoms with Crippen LogP contribution in [0.5, 0.6) is 0 Å². The van der Waals surface area contributed by atoms with E-state index in [2.05, 4.69) is 10.3 Å². The maximum atomic E-state index is 14.7. The summed E-state index contributed by atoms with van der Waals surface area (Å²) in [6.45, 7) is 0. The molecule has 1 N–H and O–H groups in total. The molecule has 1 aliphatic rings. The number of pyridine rings is 1. The Morgan fingerprint density at radius 3 is 2.42 bits per heavy atom. The van der Waals surface area contributed by atoms with Crippen LogP contribution in [0.15, 0.2) is 89.5 Å². The van der Waals surface area contributed by atoms with E-state index in [1.54, 1.807) is 41.4 Å². The van der Waals surface area contributed by atoms with Crippen LogP contribution < -0.4 is 10.2 Å². The van der Waals surface area contributed by atoms with Gasteiger partial charge in [0.25, 0.3) is 0 Å². The molecule has 0 saturated carbocycles. The first-order chi connectivity index (χ1) is 15.1. The molecule has 0 aliphatic carbocycles. The standard InChI is InChI=1S/C24H17F2N3OS/c25-16-10-8-15(9-11-16)20-12-13-21(30-20)23-22(18-6-3-4-14-27-18)28-24(31)29(23)19-7-2-1-5-17(19)26/h1-14,22-23H,(H,28,31)/t22-,23-/m0/s1. The summed E-state index contributed by atoms with van der Waals surface area (Å²) in [5, 5.41) is 3.65. The fraction of sp³-hybridized carbons (Fsp3) is 0.0833. The smallest absolute Gasteiger partial charge is 0.174 e. The third kappa shape index (κ3) is 3.57. The molecular formula is C24H17F2N3OS. The Bertz CT molecular complexity index is 1230. The van der Waals surface area contributed by atoms with E-state index < -0.39 is 6.04 Å². The number of hydrogen-bond acceptors (Lipinski definition) is 3. The van der Waals surface area contributed by atoms with Gasteiger partial charge in [-0.25, -0.2) is 8.78 Å². The number of halogens is 2. The maximum absolute atomic E-state index is 14.7. The number of benzene rings is 2. The predicted molar refractivity (Wildman–Crippen MR) is 118 cm³/mol. The monoisotopic (exact) mass is 433 g/mol. The molecule has 0 radical (unpaired) electrons. The molecule has 0 amide bonds. The van der Waals surface area contributed by atoms with Crippen molar-refractivity contribution >= 4 is 23.0 Å². The third-order valence-corrected chi connectivity index (χ3v) is 5.57. The number of hydrogen-bond donors (Lipinski definition) is 1. The van der Waals surface area contributed by atoms with Crippen LogP contribution in [0, 0.1) is 11.6 Å². The Morgan fingerprint density at radius 1 is 0.903 bits per heavy atom. The first kappa shape index (κ1) is 19.4. The molecule has 0 unspecified atom stereocenters. The molecule has 2 aromatic carbocycles. The predicted octanol–water partition coefficient (Wildman–Crippen LogP) is 5.80. The average molecular weight is 433 g/mol. The number of nitrogens with zero attached hydrogens (tertiary/aromatic N) is 2. The molecule has 0 bridgehead atoms. The Hall–Kier alpha value is -3.58. The first-order valence-electron chi connectivity index (χ1n) is 9.72. The second kappa shape index (κ2) is 7.92. The SMILES string of the molecule is Fc1ccc(-c2ccc([C@H]3[C@H](c4ccccn4)NC(=S)N3c3ccccc3F)o2)cc1. The molecule has 3 heterocycles. The van der Waals surface area contributed by atoms with Gasteiger partial charge >= 0.3 is 0 Å². The van der Waals surface area contributed by atoms with Gasteiger partial charge in [0, 0.05) is 11.8 Å². The van der Waals surface area contributed by atoms with Crippen LogP contribution in [0.25, 0.3) is 11.3 Å². The molecule has 2 aromatic heterocycles. The van der Waals surface area contributed by atoms with Gasteiger partial charge in [-0.05, 0) is 72.9 Å². The Labute approximate surface area is 183 Å². The Morgan fingerprint density at radius 2 is 1.68 bits per heavy atom. The topological polar surface area (TPSA) is 41.3 Å². The second-order valence-electron chi connectivity index (χ2n) is 7.16. The summed E-state index contributed by atoms with van der Waals surface area (Å²) >= 11 is 5.59. The van der Waals surface area contributed by atoms with Crippen molar-refractivity contribution in [3.05, 3.63) is 108 Å². The normalized spacial score (nSPS) is 18.3. The second-order valence-corrected chi connectivity index (χ2v) is 7.54. The van der Waals surface area contributed by atoms with Crippen LogP contribution >= 0.6 is 12.2 Å². The maximum Gasteiger partial charge on any atom is 0.174 e. The number of para-hydroxylation sites is 1. The van der Waals surface area contributed by atoms with Gasteiger partial charge in [0.15, 0.2) is 5.11 Å². The molecule has 154 valence electrons. The van der Waals surface area contributed by atoms with E-state index in [1.165, 1.54) is 18.2 Å². The van der Waals surface area contributed by atoms with Gasteiger partial charge in [-0.15, -0.1) is 0 Å². The molecule has 1 fully saturated rings. The van der Waals surface area contributed by atoms with Crippen LogP contribution in [-0.4, -0.2) is 10.1 Å². The van der Waals surface area contributed by atoms with Crippen molar-refractivity contribution in [1.82, 2.24) is 10.3 Å². The van der Waals surface area contributed by atoms with E-state index in [0.29, 0.717) is 22.3 Å². The van der Waals surface area contributed by atoms with Gasteiger partial charge in [-0.1, -0.05) is 18.2 Å². The number of anilines is 1. The Balaban J connectivity index is 1.61. The number of thiocarbonyl (C=S) groups is 1. The van der Waals surface area contributed by atoms with E-state index >= 15 is 0 Å². The van der Waals surface area contributed by atoms with Crippen LogP contribution in [0.4, 0.5) is 14.5 Å². The zero-order chi connectivity index (χ0) is 21.4. The fourth-order valence-corrected chi connectivity index (χ4v) is 4.17. The molecule has 1 aliphatic heterocycles. The van der Waals surface area contributed by atoms with Crippen LogP contribution in [0.3, 0.4) is 0 Å². The lowest BCUT2D eigenvalue weighted by Gasteiger charge is -2.26. The van der Waals surface area contributed by atoms with Crippen LogP contribution in [0.1, 0.15) is 23.5 Å². The number of furan rings is 1. The van der Waals surface area contributed by atoms with Gasteiger partial charge in [0.05, 0.1) is 17.4 Å². The highest BCUT2D eigenvalue weighted by Gasteiger charge is 2.43. The third-order valence-electron chi connectivity index (χ3n) is 5.26. The molecule has 31 heavy (non-hydrogen) atoms. The molecule has 2 atom stereocenters. The van der Waals surface area contributed by atoms with Gasteiger partial charge in [0.1, 0.15) is 29.2 Å². The minimum absolute atomic E-state index is 0.318. The first-order valence-corrected chi connectivity index (χ1v) is 10.1. The lowest BCUT2D eigenvalue weighted by molar-refractivity contribution is 0.437. The van der Waals surface area contributed by atoms with Crippen molar-refractivity contribution in [2.75, 3.05) is 4.90 Å². The zero-order valence-corrected chi connectivity index (χ0v) is 17.0. The summed E-state index contributed by atoms with van der Waals surface area (Å²) in [7, 11) is 0. The summed E-state index contributed by atoms with van der Waals surface area (Å²) in [5.41, 5.74) is 1.85. The lowest BCUT2D eigenvalue weighted by Crippen LogP contribution is -2.30. The van der Waals surface area contributed by atoms with E-state index in [1.807, 2.05) is 30.3 Å². The highest BCUT2D eigenvalue weighted by Crippen LogP contribution is 2.43. The van der Waals surface area contributed by atoms with Gasteiger partial charge < -0.3 is 14.6 Å². The summed E-state index contributed by atoms with van der Waals surface area (Å²) in [4.78, 5) is 6.19. The van der Waals surface area contributed by atoms with Crippen molar-refractivity contribution in [3.63, 3.8) is 0 Å². The molecule has 5 rings (SSSR count). The number of rotatable bonds is 4. The summed E-state index contributed by atoms with van der Waals surface area (Å²) < 4.78 is 34.2. The summed E-state index contributed by atoms with van der Waals surface area (Å²) in [5.74, 6) is 0.470. The summed E-state index contributed by atoms with van der Waals surface area (Å²) in [6, 6.07) is 21.0. The van der Waals surface area contributed by atoms with Gasteiger partial charge in [0.2, 0.25) is 0 Å². The minimum atomic E-state index is -0.464. The lowest BCUT2D eigenvalue weighted by atomic mass is 10.0. The zero-order valence-electron chi connectivity index (χ0n) is 16.2. The molecule has 0 spiro atoms. The van der Waals surface area contributed by atoms with Crippen molar-refractivity contribution < 1.29 is 13.2 Å². The summed E-state index contributed by atoms with van der Waals surface area (Å²) in [6.07, 6.45) is 1.70. The van der Waals surface area contributed by atoms with Gasteiger partial charge in [-0.3, -0.25) is 4.98 Å². The fourth-order valence-electron chi connectivity index (χ4n) is 3.83. The molecular weight excluding hydrogens is 416 g/mol. The number of aromatic nitrogens is 1. The molecule has 4 nitrogen and oxygen atoms in total. The molecule has 4 aromatic rings. The number of nitrogens with one attached hydrogen (secondary N) is 1. The van der Waals surface area contributed by atoms with Crippen molar-refractivity contribution in [2.45, 2.75) is 12.1 Å². The highest BCUT2D eigenvalue weighted by atomic mass is 32.1. The van der Waals surface area contributed by atoms with E-state index in [9.17, 15) is 8.78 Å². The highest BCUT2D eigenvalue weighted by molar-refractivity contribution is 7.80. The van der Waals surface area contributed by atoms with E-state index in [0.717, 1.165) is 11.3 Å². The van der Waals surface area contributed by atoms with E-state index in [-0.39, 0.29) is 17.7 Å². The van der Waals surface area contributed by atoms with Crippen molar-refractivity contribution in [1.29, 1.82) is 0 Å². The largest absolute Gasteiger partial charge is 0.459 e. The van der Waals surface area contributed by atoms with Crippen LogP contribution in [0.2, 0.25) is 0 Å². The average Bonchev–Trinajstić information content (AvgIpc) is 3.40. The molecule has 1 saturated heterocycles. The van der Waals surface area contributed by atoms with Gasteiger partial charge in [-0.2, -0.15) is 0 Å². The van der Waals surface area contributed by atoms with Crippen LogP contribution in [-0.2, 0) is 0 Å². The Kier molecular flexibility index (Phi) is 4.95. The minimum Gasteiger partial charge on any atom is -0.459 e.